The highest BCUT2D eigenvalue weighted by Gasteiger charge is 2.25. The molecule has 1 saturated heterocycles. The molecule has 0 spiro atoms. The van der Waals surface area contributed by atoms with Crippen molar-refractivity contribution < 1.29 is 9.90 Å². The molecule has 0 bridgehead atoms. The maximum Gasteiger partial charge on any atom is 0.307 e. The lowest BCUT2D eigenvalue weighted by atomic mass is 9.98. The number of benzene rings is 1. The van der Waals surface area contributed by atoms with E-state index in [9.17, 15) is 9.59 Å². The molecule has 1 aliphatic heterocycles. The topological polar surface area (TPSA) is 86.3 Å². The fourth-order valence-corrected chi connectivity index (χ4v) is 3.02. The molecule has 1 unspecified atom stereocenters. The standard InChI is InChI=1S/C15H16ClN3O3.ClH/c16-10-3-4-12-11(6-10)14(20)18-13(17-12)8-19-5-1-2-9(7-19)15(21)22;/h3-4,6,9H,1-2,5,7-8H2,(H,21,22)(H,17,18,20);1H. The maximum atomic E-state index is 12.1. The molecule has 23 heavy (non-hydrogen) atoms. The SMILES string of the molecule is Cl.O=C(O)C1CCCN(Cc2nc3ccc(Cl)cc3c(=O)[nH]2)C1. The molecule has 0 aliphatic carbocycles. The second-order valence-corrected chi connectivity index (χ2v) is 6.02. The molecule has 124 valence electrons. The van der Waals surface area contributed by atoms with E-state index in [2.05, 4.69) is 9.97 Å². The van der Waals surface area contributed by atoms with E-state index in [0.717, 1.165) is 13.0 Å². The van der Waals surface area contributed by atoms with Gasteiger partial charge in [-0.15, -0.1) is 12.4 Å². The number of carbonyl (C=O) groups is 1. The van der Waals surface area contributed by atoms with Crippen molar-refractivity contribution in [1.82, 2.24) is 14.9 Å². The number of carboxylic acids is 1. The Kier molecular flexibility index (Phi) is 5.62. The van der Waals surface area contributed by atoms with Gasteiger partial charge in [0.05, 0.1) is 23.4 Å². The first-order valence-electron chi connectivity index (χ1n) is 7.16. The quantitative estimate of drug-likeness (QED) is 0.879. The molecule has 2 N–H and O–H groups in total. The van der Waals surface area contributed by atoms with Crippen molar-refractivity contribution in [3.05, 3.63) is 39.4 Å². The number of halogens is 2. The molecule has 0 amide bonds. The molecule has 2 heterocycles. The summed E-state index contributed by atoms with van der Waals surface area (Å²) < 4.78 is 0. The predicted molar refractivity (Wildman–Crippen MR) is 90.3 cm³/mol. The molecule has 1 aliphatic rings. The monoisotopic (exact) mass is 357 g/mol. The van der Waals surface area contributed by atoms with Gasteiger partial charge in [0.15, 0.2) is 0 Å². The van der Waals surface area contributed by atoms with Crippen LogP contribution in [0.2, 0.25) is 5.02 Å². The van der Waals surface area contributed by atoms with E-state index in [1.165, 1.54) is 0 Å². The smallest absolute Gasteiger partial charge is 0.307 e. The fourth-order valence-electron chi connectivity index (χ4n) is 2.85. The second-order valence-electron chi connectivity index (χ2n) is 5.59. The van der Waals surface area contributed by atoms with Gasteiger partial charge in [0.1, 0.15) is 5.82 Å². The number of aromatic amines is 1. The van der Waals surface area contributed by atoms with E-state index in [0.29, 0.717) is 41.3 Å². The van der Waals surface area contributed by atoms with E-state index in [1.54, 1.807) is 18.2 Å². The summed E-state index contributed by atoms with van der Waals surface area (Å²) in [5, 5.41) is 10.1. The van der Waals surface area contributed by atoms with Crippen LogP contribution in [0.25, 0.3) is 10.9 Å². The molecule has 1 aromatic heterocycles. The van der Waals surface area contributed by atoms with Crippen molar-refractivity contribution in [3.63, 3.8) is 0 Å². The molecule has 8 heteroatoms. The third-order valence-electron chi connectivity index (χ3n) is 3.94. The summed E-state index contributed by atoms with van der Waals surface area (Å²) >= 11 is 5.89. The molecule has 1 atom stereocenters. The number of nitrogens with zero attached hydrogens (tertiary/aromatic N) is 2. The first kappa shape index (κ1) is 17.7. The number of carboxylic acid groups (broad SMARTS) is 1. The van der Waals surface area contributed by atoms with Crippen molar-refractivity contribution >= 4 is 40.9 Å². The van der Waals surface area contributed by atoms with Gasteiger partial charge in [0, 0.05) is 11.6 Å². The number of H-pyrrole nitrogens is 1. The number of nitrogens with one attached hydrogen (secondary N) is 1. The van der Waals surface area contributed by atoms with Gasteiger partial charge < -0.3 is 10.1 Å². The summed E-state index contributed by atoms with van der Waals surface area (Å²) in [6.07, 6.45) is 1.54. The Balaban J connectivity index is 0.00000192. The van der Waals surface area contributed by atoms with Crippen LogP contribution in [0, 0.1) is 5.92 Å². The second kappa shape index (κ2) is 7.29. The van der Waals surface area contributed by atoms with Crippen LogP contribution in [0.15, 0.2) is 23.0 Å². The molecular weight excluding hydrogens is 341 g/mol. The Morgan fingerprint density at radius 2 is 2.26 bits per heavy atom. The average molecular weight is 358 g/mol. The van der Waals surface area contributed by atoms with Gasteiger partial charge in [-0.05, 0) is 37.6 Å². The minimum absolute atomic E-state index is 0. The van der Waals surface area contributed by atoms with Crippen LogP contribution in [0.1, 0.15) is 18.7 Å². The Morgan fingerprint density at radius 1 is 1.48 bits per heavy atom. The van der Waals surface area contributed by atoms with Crippen LogP contribution in [-0.2, 0) is 11.3 Å². The van der Waals surface area contributed by atoms with Gasteiger partial charge in [-0.2, -0.15) is 0 Å². The number of aliphatic carboxylic acids is 1. The third-order valence-corrected chi connectivity index (χ3v) is 4.18. The summed E-state index contributed by atoms with van der Waals surface area (Å²) in [6, 6.07) is 5.00. The highest BCUT2D eigenvalue weighted by Crippen LogP contribution is 2.19. The molecule has 3 rings (SSSR count). The highest BCUT2D eigenvalue weighted by atomic mass is 35.5. The Hall–Kier alpha value is -1.63. The third kappa shape index (κ3) is 4.02. The van der Waals surface area contributed by atoms with E-state index in [4.69, 9.17) is 16.7 Å². The fraction of sp³-hybridized carbons (Fsp3) is 0.400. The van der Waals surface area contributed by atoms with Gasteiger partial charge in [-0.1, -0.05) is 11.6 Å². The molecule has 6 nitrogen and oxygen atoms in total. The van der Waals surface area contributed by atoms with Crippen LogP contribution >= 0.6 is 24.0 Å². The van der Waals surface area contributed by atoms with Crippen LogP contribution in [0.3, 0.4) is 0 Å². The van der Waals surface area contributed by atoms with E-state index < -0.39 is 5.97 Å². The molecule has 1 aromatic carbocycles. The molecular formula is C15H17Cl2N3O3. The zero-order valence-electron chi connectivity index (χ0n) is 12.3. The van der Waals surface area contributed by atoms with E-state index in [-0.39, 0.29) is 23.9 Å². The van der Waals surface area contributed by atoms with Gasteiger partial charge in [0.2, 0.25) is 0 Å². The van der Waals surface area contributed by atoms with Gasteiger partial charge >= 0.3 is 5.97 Å². The summed E-state index contributed by atoms with van der Waals surface area (Å²) in [5.41, 5.74) is 0.365. The van der Waals surface area contributed by atoms with E-state index in [1.807, 2.05) is 4.90 Å². The number of hydrogen-bond acceptors (Lipinski definition) is 4. The predicted octanol–water partition coefficient (Wildman–Crippen LogP) is 2.29. The van der Waals surface area contributed by atoms with Crippen LogP contribution < -0.4 is 5.56 Å². The first-order chi connectivity index (χ1) is 10.5. The zero-order valence-corrected chi connectivity index (χ0v) is 13.9. The minimum atomic E-state index is -0.765. The van der Waals surface area contributed by atoms with Crippen molar-refractivity contribution in [2.24, 2.45) is 5.92 Å². The number of likely N-dealkylation sites (tertiary alicyclic amines) is 1. The lowest BCUT2D eigenvalue weighted by Crippen LogP contribution is -2.38. The number of hydrogen-bond donors (Lipinski definition) is 2. The summed E-state index contributed by atoms with van der Waals surface area (Å²) in [7, 11) is 0. The van der Waals surface area contributed by atoms with Crippen molar-refractivity contribution in [1.29, 1.82) is 0 Å². The average Bonchev–Trinajstić information content (AvgIpc) is 2.48. The molecule has 2 aromatic rings. The maximum absolute atomic E-state index is 12.1. The molecule has 0 radical (unpaired) electrons. The lowest BCUT2D eigenvalue weighted by Gasteiger charge is -2.30. The summed E-state index contributed by atoms with van der Waals surface area (Å²) in [6.45, 7) is 1.74. The lowest BCUT2D eigenvalue weighted by molar-refractivity contribution is -0.143. The van der Waals surface area contributed by atoms with Gasteiger partial charge in [-0.3, -0.25) is 14.5 Å². The molecule has 0 saturated carbocycles. The Labute approximate surface area is 143 Å². The van der Waals surface area contributed by atoms with Crippen LogP contribution in [0.4, 0.5) is 0 Å². The van der Waals surface area contributed by atoms with Crippen LogP contribution in [0.5, 0.6) is 0 Å². The highest BCUT2D eigenvalue weighted by molar-refractivity contribution is 6.31. The van der Waals surface area contributed by atoms with E-state index >= 15 is 0 Å². The van der Waals surface area contributed by atoms with Gasteiger partial charge in [0.25, 0.3) is 5.56 Å². The normalized spacial score (nSPS) is 18.6. The van der Waals surface area contributed by atoms with Gasteiger partial charge in [-0.25, -0.2) is 4.98 Å². The summed E-state index contributed by atoms with van der Waals surface area (Å²) in [4.78, 5) is 32.4. The number of piperidine rings is 1. The minimum Gasteiger partial charge on any atom is -0.481 e. The van der Waals surface area contributed by atoms with Crippen molar-refractivity contribution in [2.45, 2.75) is 19.4 Å². The number of fused-ring (bicyclic) bond motifs is 1. The Morgan fingerprint density at radius 3 is 3.00 bits per heavy atom. The largest absolute Gasteiger partial charge is 0.481 e. The summed E-state index contributed by atoms with van der Waals surface area (Å²) in [5.74, 6) is -0.565. The number of aromatic nitrogens is 2. The Bertz CT molecular complexity index is 778. The van der Waals surface area contributed by atoms with Crippen molar-refractivity contribution in [3.8, 4) is 0 Å². The van der Waals surface area contributed by atoms with Crippen molar-refractivity contribution in [2.75, 3.05) is 13.1 Å². The molecule has 1 fully saturated rings. The van der Waals surface area contributed by atoms with Crippen LogP contribution in [-0.4, -0.2) is 39.0 Å². The number of rotatable bonds is 3. The zero-order chi connectivity index (χ0) is 15.7. The first-order valence-corrected chi connectivity index (χ1v) is 7.54.